The predicted octanol–water partition coefficient (Wildman–Crippen LogP) is 7.99. The summed E-state index contributed by atoms with van der Waals surface area (Å²) in [6.07, 6.45) is -9.41. The van der Waals surface area contributed by atoms with Crippen LogP contribution in [-0.4, -0.2) is 118 Å². The molecule has 0 aliphatic heterocycles. The predicted molar refractivity (Wildman–Crippen MR) is 238 cm³/mol. The van der Waals surface area contributed by atoms with Gasteiger partial charge in [0.05, 0.1) is 39.2 Å². The van der Waals surface area contributed by atoms with Crippen LogP contribution >= 0.6 is 31.9 Å². The number of benzene rings is 5. The number of fused-ring (bicyclic) bond motifs is 5. The zero-order chi connectivity index (χ0) is 53.0. The van der Waals surface area contributed by atoms with E-state index in [1.165, 1.54) is 18.2 Å². The van der Waals surface area contributed by atoms with Crippen LogP contribution in [0.3, 0.4) is 0 Å². The Morgan fingerprint density at radius 3 is 1.68 bits per heavy atom. The average molecular weight is 1150 g/mol. The van der Waals surface area contributed by atoms with Crippen LogP contribution < -0.4 is 4.74 Å². The molecule has 0 radical (unpaired) electrons. The molecule has 35 heteroatoms. The van der Waals surface area contributed by atoms with Crippen LogP contribution in [0.1, 0.15) is 36.1 Å². The zero-order valence-electron chi connectivity index (χ0n) is 36.2. The number of nitro groups is 2. The molecule has 0 saturated carbocycles. The minimum absolute atomic E-state index is 0.0260. The van der Waals surface area contributed by atoms with Gasteiger partial charge in [-0.05, 0) is 100 Å². The number of hydrogen-bond acceptors (Lipinski definition) is 20. The van der Waals surface area contributed by atoms with E-state index in [-0.39, 0.29) is 33.6 Å². The minimum Gasteiger partial charge on any atom is -0.487 e. The first-order chi connectivity index (χ1) is 33.8. The van der Waals surface area contributed by atoms with Gasteiger partial charge in [0.15, 0.2) is 5.75 Å². The number of ether oxygens (including phenoxy) is 1. The van der Waals surface area contributed by atoms with Crippen LogP contribution in [0.4, 0.5) is 37.7 Å². The van der Waals surface area contributed by atoms with Gasteiger partial charge in [0.2, 0.25) is 0 Å². The largest absolute Gasteiger partial charge is 0.487 e. The number of nitrogens with zero attached hydrogens (tertiary/aromatic N) is 17. The van der Waals surface area contributed by atoms with Gasteiger partial charge >= 0.3 is 18.0 Å². The Bertz CT molecular complexity index is 3620. The number of rotatable bonds is 5. The van der Waals surface area contributed by atoms with Gasteiger partial charge in [0, 0.05) is 21.1 Å². The molecule has 0 saturated heterocycles. The highest BCUT2D eigenvalue weighted by molar-refractivity contribution is 9.10. The fourth-order valence-electron chi connectivity index (χ4n) is 6.24. The summed E-state index contributed by atoms with van der Waals surface area (Å²) in [6.45, 7) is 5.45. The molecule has 378 valence electrons. The van der Waals surface area contributed by atoms with Gasteiger partial charge in [0.1, 0.15) is 55.2 Å². The van der Waals surface area contributed by atoms with Crippen molar-refractivity contribution in [3.8, 4) is 5.75 Å². The second-order valence-electron chi connectivity index (χ2n) is 14.0. The Kier molecular flexibility index (Phi) is 15.4. The maximum atomic E-state index is 12.6. The molecule has 27 nitrogen and oxygen atoms in total. The Labute approximate surface area is 410 Å². The molecule has 0 aliphatic rings. The van der Waals surface area contributed by atoms with E-state index in [4.69, 9.17) is 20.4 Å². The molecule has 10 aromatic rings. The lowest BCUT2D eigenvalue weighted by atomic mass is 10.1. The number of alkyl halides is 6. The summed E-state index contributed by atoms with van der Waals surface area (Å²) in [4.78, 5) is 23.0. The quantitative estimate of drug-likeness (QED) is 0.0471. The molecule has 5 heterocycles. The fourth-order valence-corrected chi connectivity index (χ4v) is 6.93. The number of aromatic nitrogens is 15. The van der Waals surface area contributed by atoms with Crippen molar-refractivity contribution in [3.05, 3.63) is 118 Å². The van der Waals surface area contributed by atoms with Crippen molar-refractivity contribution in [2.45, 2.75) is 39.5 Å². The van der Waals surface area contributed by atoms with Crippen molar-refractivity contribution in [2.24, 2.45) is 0 Å². The first kappa shape index (κ1) is 52.6. The SMILES string of the molecule is CCOc1cc2nnn(O)c2cc1[N+](=O)[O-].CCc1cc([N+](=O)[O-])c(C)c2c1nnn2O.On1nnc2c(C(F)(F)F)cc(C(F)(F)F)cc21.On1nnc2cc(Br)ccc21.On1nnc2ccc(Br)cc21. The summed E-state index contributed by atoms with van der Waals surface area (Å²) in [7, 11) is 0. The van der Waals surface area contributed by atoms with Gasteiger partial charge in [-0.2, -0.15) is 26.3 Å². The lowest BCUT2D eigenvalue weighted by molar-refractivity contribution is -0.385. The third-order valence-corrected chi connectivity index (χ3v) is 10.5. The molecular weight excluding hydrogens is 1120 g/mol. The van der Waals surface area contributed by atoms with Gasteiger partial charge < -0.3 is 30.8 Å². The van der Waals surface area contributed by atoms with Crippen LogP contribution in [0.5, 0.6) is 5.75 Å². The first-order valence-electron chi connectivity index (χ1n) is 19.5. The summed E-state index contributed by atoms with van der Waals surface area (Å²) >= 11 is 6.55. The molecule has 0 bridgehead atoms. The lowest BCUT2D eigenvalue weighted by Gasteiger charge is -2.11. The number of nitro benzene ring substituents is 2. The molecule has 0 amide bonds. The van der Waals surface area contributed by atoms with Crippen molar-refractivity contribution < 1.29 is 67.0 Å². The summed E-state index contributed by atoms with van der Waals surface area (Å²) in [5.74, 6) is 0.112. The van der Waals surface area contributed by atoms with E-state index in [9.17, 15) is 57.0 Å². The van der Waals surface area contributed by atoms with E-state index in [2.05, 4.69) is 83.4 Å². The minimum atomic E-state index is -5.03. The second kappa shape index (κ2) is 21.1. The molecule has 72 heavy (non-hydrogen) atoms. The van der Waals surface area contributed by atoms with Crippen molar-refractivity contribution in [1.82, 2.24) is 75.8 Å². The maximum Gasteiger partial charge on any atom is 0.418 e. The van der Waals surface area contributed by atoms with E-state index in [0.29, 0.717) is 78.5 Å². The smallest absolute Gasteiger partial charge is 0.418 e. The van der Waals surface area contributed by atoms with Crippen LogP contribution in [0.15, 0.2) is 75.7 Å². The molecule has 0 unspecified atom stereocenters. The Morgan fingerprint density at radius 1 is 0.583 bits per heavy atom. The zero-order valence-corrected chi connectivity index (χ0v) is 39.3. The van der Waals surface area contributed by atoms with Crippen molar-refractivity contribution >= 4 is 98.4 Å². The highest BCUT2D eigenvalue weighted by Gasteiger charge is 2.39. The third-order valence-electron chi connectivity index (χ3n) is 9.54. The highest BCUT2D eigenvalue weighted by Crippen LogP contribution is 2.39. The second-order valence-corrected chi connectivity index (χ2v) is 15.9. The van der Waals surface area contributed by atoms with Crippen molar-refractivity contribution in [1.29, 1.82) is 0 Å². The molecule has 0 atom stereocenters. The van der Waals surface area contributed by atoms with Crippen LogP contribution in [-0.2, 0) is 18.8 Å². The van der Waals surface area contributed by atoms with Gasteiger partial charge in [-0.1, -0.05) is 63.0 Å². The van der Waals surface area contributed by atoms with E-state index in [1.807, 2.05) is 19.1 Å². The van der Waals surface area contributed by atoms with Gasteiger partial charge in [-0.15, -0.1) is 25.5 Å². The van der Waals surface area contributed by atoms with E-state index in [1.54, 1.807) is 38.1 Å². The van der Waals surface area contributed by atoms with E-state index in [0.717, 1.165) is 18.6 Å². The third kappa shape index (κ3) is 11.5. The number of hydrogen-bond donors (Lipinski definition) is 5. The van der Waals surface area contributed by atoms with Crippen LogP contribution in [0.25, 0.3) is 55.2 Å². The molecule has 0 spiro atoms. The molecule has 0 aliphatic carbocycles. The normalized spacial score (nSPS) is 11.3. The standard InChI is InChI=1S/C9H10N4O3.C8H3F6N3O.C8H8N4O4.2C6H4BrN3O/c1-3-6-4-7(13(15)16)5(2)9-8(6)10-11-12(9)14;9-7(10,11)3-1-4(8(12,13)14)6-5(2-3)17(18)16-15-6;1-2-16-8-3-5-6(11(13)10-9-5)4-7(8)12(14)15;7-4-1-2-6-5(3-4)8-9-10(6)11;7-4-1-2-5-6(3-4)10(11)9-8-5/h4,14H,3H2,1-2H3;1-2,18H;3-4,13H,2H2,1H3;2*1-3,11H. The number of aryl methyl sites for hydroxylation is 2. The maximum absolute atomic E-state index is 12.6. The Hall–Kier alpha value is -8.76. The molecule has 5 N–H and O–H groups in total. The van der Waals surface area contributed by atoms with Crippen LogP contribution in [0, 0.1) is 27.2 Å². The van der Waals surface area contributed by atoms with Gasteiger partial charge in [0.25, 0.3) is 5.69 Å². The molecular formula is C37H29Br2F6N17O10. The first-order valence-corrected chi connectivity index (χ1v) is 21.1. The van der Waals surface area contributed by atoms with E-state index >= 15 is 0 Å². The fraction of sp³-hybridized carbons (Fsp3) is 0.189. The average Bonchev–Trinajstić information content (AvgIpc) is 4.16. The van der Waals surface area contributed by atoms with Gasteiger partial charge in [-0.25, -0.2) is 0 Å². The van der Waals surface area contributed by atoms with Gasteiger partial charge in [-0.3, -0.25) is 20.2 Å². The van der Waals surface area contributed by atoms with Crippen LogP contribution in [0.2, 0.25) is 0 Å². The molecule has 0 fully saturated rings. The highest BCUT2D eigenvalue weighted by atomic mass is 79.9. The molecule has 5 aromatic heterocycles. The topological polar surface area (TPSA) is 350 Å². The number of halogens is 8. The molecule has 10 rings (SSSR count). The summed E-state index contributed by atoms with van der Waals surface area (Å²) in [6, 6.07) is 15.0. The molecule has 5 aromatic carbocycles. The summed E-state index contributed by atoms with van der Waals surface area (Å²) < 4.78 is 81.9. The lowest BCUT2D eigenvalue weighted by Crippen LogP contribution is -2.11. The Morgan fingerprint density at radius 2 is 1.10 bits per heavy atom. The van der Waals surface area contributed by atoms with Crippen molar-refractivity contribution in [3.63, 3.8) is 0 Å². The van der Waals surface area contributed by atoms with Crippen molar-refractivity contribution in [2.75, 3.05) is 6.61 Å². The summed E-state index contributed by atoms with van der Waals surface area (Å²) in [5, 5.41) is 102. The summed E-state index contributed by atoms with van der Waals surface area (Å²) in [5.41, 5.74) is -0.107. The Balaban J connectivity index is 0.000000149. The monoisotopic (exact) mass is 1140 g/mol. The van der Waals surface area contributed by atoms with E-state index < -0.39 is 44.4 Å².